The summed E-state index contributed by atoms with van der Waals surface area (Å²) in [6.07, 6.45) is -0.482. The summed E-state index contributed by atoms with van der Waals surface area (Å²) in [6.45, 7) is 2.79. The minimum Gasteiger partial charge on any atom is -0.386 e. The summed E-state index contributed by atoms with van der Waals surface area (Å²) in [7, 11) is 2.02. The first kappa shape index (κ1) is 8.99. The molecule has 1 aliphatic heterocycles. The lowest BCUT2D eigenvalue weighted by Gasteiger charge is -2.33. The number of aryl methyl sites for hydroxylation is 1. The largest absolute Gasteiger partial charge is 0.386 e. The Morgan fingerprint density at radius 3 is 3.08 bits per heavy atom. The summed E-state index contributed by atoms with van der Waals surface area (Å²) in [5.74, 6) is 0. The fourth-order valence-corrected chi connectivity index (χ4v) is 3.02. The fourth-order valence-electron chi connectivity index (χ4n) is 1.86. The van der Waals surface area contributed by atoms with Crippen molar-refractivity contribution in [2.45, 2.75) is 19.1 Å². The second kappa shape index (κ2) is 2.97. The molecule has 3 nitrogen and oxygen atoms in total. The molecule has 0 amide bonds. The molecule has 4 heteroatoms. The van der Waals surface area contributed by atoms with Crippen LogP contribution in [-0.2, 0) is 0 Å². The Morgan fingerprint density at radius 1 is 1.69 bits per heavy atom. The van der Waals surface area contributed by atoms with E-state index in [1.807, 2.05) is 7.05 Å². The third-order valence-electron chi connectivity index (χ3n) is 2.51. The maximum absolute atomic E-state index is 9.82. The molecule has 0 fully saturated rings. The maximum Gasteiger partial charge on any atom is 0.107 e. The van der Waals surface area contributed by atoms with Crippen molar-refractivity contribution in [3.05, 3.63) is 15.8 Å². The second-order valence-corrected chi connectivity index (χ2v) is 4.53. The summed E-state index contributed by atoms with van der Waals surface area (Å²) in [5, 5.41) is 11.9. The van der Waals surface area contributed by atoms with Crippen molar-refractivity contribution < 1.29 is 5.11 Å². The smallest absolute Gasteiger partial charge is 0.107 e. The van der Waals surface area contributed by atoms with Crippen LogP contribution in [0.3, 0.4) is 0 Å². The Labute approximate surface area is 81.8 Å². The fraction of sp³-hybridized carbons (Fsp3) is 0.556. The first-order valence-corrected chi connectivity index (χ1v) is 5.22. The molecule has 2 atom stereocenters. The van der Waals surface area contributed by atoms with E-state index >= 15 is 0 Å². The van der Waals surface area contributed by atoms with Gasteiger partial charge in [-0.05, 0) is 17.9 Å². The van der Waals surface area contributed by atoms with Gasteiger partial charge in [0.2, 0.25) is 0 Å². The van der Waals surface area contributed by atoms with Crippen LogP contribution in [0.5, 0.6) is 0 Å². The van der Waals surface area contributed by atoms with Gasteiger partial charge in [-0.2, -0.15) is 0 Å². The summed E-state index contributed by atoms with van der Waals surface area (Å²) in [5.41, 5.74) is 8.20. The molecule has 0 saturated carbocycles. The van der Waals surface area contributed by atoms with E-state index in [0.717, 1.165) is 11.4 Å². The van der Waals surface area contributed by atoms with Crippen LogP contribution < -0.4 is 10.6 Å². The Bertz CT molecular complexity index is 323. The number of thiophene rings is 1. The molecule has 0 aromatic carbocycles. The number of hydrogen-bond donors (Lipinski definition) is 2. The van der Waals surface area contributed by atoms with Gasteiger partial charge in [0.15, 0.2) is 0 Å². The van der Waals surface area contributed by atoms with Gasteiger partial charge in [0.05, 0.1) is 16.6 Å². The molecule has 0 radical (unpaired) electrons. The number of fused-ring (bicyclic) bond motifs is 1. The standard InChI is InChI=1S/C9H14N2OS/c1-5-4-13-9-7(5)11(2)3-6(10)8(9)12/h4,6,8,12H,3,10H2,1-2H3. The van der Waals surface area contributed by atoms with E-state index in [4.69, 9.17) is 5.73 Å². The lowest BCUT2D eigenvalue weighted by Crippen LogP contribution is -2.43. The maximum atomic E-state index is 9.82. The zero-order valence-corrected chi connectivity index (χ0v) is 8.64. The van der Waals surface area contributed by atoms with Gasteiger partial charge in [-0.3, -0.25) is 0 Å². The molecule has 2 rings (SSSR count). The molecule has 1 aliphatic rings. The third-order valence-corrected chi connectivity index (χ3v) is 3.67. The molecule has 0 spiro atoms. The average molecular weight is 198 g/mol. The van der Waals surface area contributed by atoms with Gasteiger partial charge in [-0.15, -0.1) is 11.3 Å². The van der Waals surface area contributed by atoms with Crippen molar-refractivity contribution in [1.29, 1.82) is 0 Å². The van der Waals surface area contributed by atoms with E-state index in [9.17, 15) is 5.11 Å². The number of rotatable bonds is 0. The van der Waals surface area contributed by atoms with Crippen LogP contribution in [0.1, 0.15) is 16.5 Å². The monoisotopic (exact) mass is 198 g/mol. The number of likely N-dealkylation sites (N-methyl/N-ethyl adjacent to an activating group) is 1. The first-order chi connectivity index (χ1) is 6.11. The first-order valence-electron chi connectivity index (χ1n) is 4.34. The number of nitrogens with zero attached hydrogens (tertiary/aromatic N) is 1. The van der Waals surface area contributed by atoms with E-state index < -0.39 is 6.10 Å². The summed E-state index contributed by atoms with van der Waals surface area (Å²) in [6, 6.07) is -0.157. The van der Waals surface area contributed by atoms with E-state index in [1.165, 1.54) is 11.3 Å². The Hall–Kier alpha value is -0.580. The molecular weight excluding hydrogens is 184 g/mol. The predicted molar refractivity (Wildman–Crippen MR) is 55.3 cm³/mol. The molecule has 1 aromatic rings. The molecule has 3 N–H and O–H groups in total. The van der Waals surface area contributed by atoms with E-state index in [2.05, 4.69) is 17.2 Å². The van der Waals surface area contributed by atoms with Crippen LogP contribution >= 0.6 is 11.3 Å². The van der Waals surface area contributed by atoms with Gasteiger partial charge in [0.25, 0.3) is 0 Å². The van der Waals surface area contributed by atoms with Crippen molar-refractivity contribution >= 4 is 17.0 Å². The highest BCUT2D eigenvalue weighted by Gasteiger charge is 2.30. The zero-order chi connectivity index (χ0) is 9.59. The number of aliphatic hydroxyl groups excluding tert-OH is 1. The summed E-state index contributed by atoms with van der Waals surface area (Å²) < 4.78 is 0. The zero-order valence-electron chi connectivity index (χ0n) is 7.82. The van der Waals surface area contributed by atoms with Crippen molar-refractivity contribution in [3.8, 4) is 0 Å². The van der Waals surface area contributed by atoms with Crippen LogP contribution in [0.15, 0.2) is 5.38 Å². The number of aliphatic hydroxyl groups is 1. The van der Waals surface area contributed by atoms with Gasteiger partial charge >= 0.3 is 0 Å². The van der Waals surface area contributed by atoms with E-state index in [-0.39, 0.29) is 6.04 Å². The van der Waals surface area contributed by atoms with Gasteiger partial charge < -0.3 is 15.7 Å². The average Bonchev–Trinajstić information content (AvgIpc) is 2.44. The van der Waals surface area contributed by atoms with Crippen molar-refractivity contribution in [2.24, 2.45) is 5.73 Å². The highest BCUT2D eigenvalue weighted by atomic mass is 32.1. The number of hydrogen-bond acceptors (Lipinski definition) is 4. The Morgan fingerprint density at radius 2 is 2.38 bits per heavy atom. The Kier molecular flexibility index (Phi) is 2.06. The minimum atomic E-state index is -0.482. The number of anilines is 1. The molecule has 2 unspecified atom stereocenters. The van der Waals surface area contributed by atoms with Gasteiger partial charge in [-0.1, -0.05) is 0 Å². The normalized spacial score (nSPS) is 27.5. The molecular formula is C9H14N2OS. The minimum absolute atomic E-state index is 0.157. The topological polar surface area (TPSA) is 49.5 Å². The quantitative estimate of drug-likeness (QED) is 0.650. The lowest BCUT2D eigenvalue weighted by atomic mass is 10.0. The van der Waals surface area contributed by atoms with Crippen LogP contribution in [0.4, 0.5) is 5.69 Å². The third kappa shape index (κ3) is 1.25. The van der Waals surface area contributed by atoms with Crippen molar-refractivity contribution in [2.75, 3.05) is 18.5 Å². The SMILES string of the molecule is Cc1csc2c1N(C)CC(N)C2O. The van der Waals surface area contributed by atoms with Crippen LogP contribution in [0, 0.1) is 6.92 Å². The summed E-state index contributed by atoms with van der Waals surface area (Å²) >= 11 is 1.60. The van der Waals surface area contributed by atoms with Crippen molar-refractivity contribution in [3.63, 3.8) is 0 Å². The van der Waals surface area contributed by atoms with Crippen molar-refractivity contribution in [1.82, 2.24) is 0 Å². The lowest BCUT2D eigenvalue weighted by molar-refractivity contribution is 0.147. The molecule has 1 aromatic heterocycles. The highest BCUT2D eigenvalue weighted by molar-refractivity contribution is 7.10. The molecule has 13 heavy (non-hydrogen) atoms. The van der Waals surface area contributed by atoms with Gasteiger partial charge in [0, 0.05) is 13.6 Å². The molecule has 72 valence electrons. The van der Waals surface area contributed by atoms with Crippen LogP contribution in [0.25, 0.3) is 0 Å². The van der Waals surface area contributed by atoms with Crippen LogP contribution in [0.2, 0.25) is 0 Å². The van der Waals surface area contributed by atoms with E-state index in [1.54, 1.807) is 11.3 Å². The molecule has 0 saturated heterocycles. The van der Waals surface area contributed by atoms with Crippen LogP contribution in [-0.4, -0.2) is 24.7 Å². The van der Waals surface area contributed by atoms with E-state index in [0.29, 0.717) is 0 Å². The molecule has 2 heterocycles. The predicted octanol–water partition coefficient (Wildman–Crippen LogP) is 0.867. The number of nitrogens with two attached hydrogens (primary N) is 1. The summed E-state index contributed by atoms with van der Waals surface area (Å²) in [4.78, 5) is 3.14. The highest BCUT2D eigenvalue weighted by Crippen LogP contribution is 2.39. The Balaban J connectivity index is 2.49. The van der Waals surface area contributed by atoms with Gasteiger partial charge in [-0.25, -0.2) is 0 Å². The van der Waals surface area contributed by atoms with Gasteiger partial charge in [0.1, 0.15) is 6.10 Å². The molecule has 0 bridgehead atoms. The second-order valence-electron chi connectivity index (χ2n) is 3.62. The molecule has 0 aliphatic carbocycles.